The number of hydrogen-bond donors (Lipinski definition) is 1. The molecule has 16 heavy (non-hydrogen) atoms. The van der Waals surface area contributed by atoms with Gasteiger partial charge in [0.1, 0.15) is 5.82 Å². The van der Waals surface area contributed by atoms with Crippen LogP contribution in [-0.4, -0.2) is 20.3 Å². The zero-order valence-corrected chi connectivity index (χ0v) is 9.78. The third-order valence-electron chi connectivity index (χ3n) is 2.08. The Hall–Kier alpha value is -0.870. The average Bonchev–Trinajstić information content (AvgIpc) is 2.20. The van der Waals surface area contributed by atoms with E-state index < -0.39 is 11.6 Å². The molecule has 1 aromatic carbocycles. The van der Waals surface area contributed by atoms with Crippen LogP contribution in [-0.2, 0) is 4.74 Å². The van der Waals surface area contributed by atoms with Crippen LogP contribution in [0.4, 0.5) is 14.5 Å². The first-order chi connectivity index (χ1) is 7.65. The molecule has 0 atom stereocenters. The fourth-order valence-electron chi connectivity index (χ4n) is 1.30. The molecule has 0 aliphatic rings. The van der Waals surface area contributed by atoms with E-state index >= 15 is 0 Å². The summed E-state index contributed by atoms with van der Waals surface area (Å²) in [6.45, 7) is 1.24. The summed E-state index contributed by atoms with van der Waals surface area (Å²) in [5.74, 6) is -1.34. The highest BCUT2D eigenvalue weighted by Gasteiger charge is 2.08. The van der Waals surface area contributed by atoms with Gasteiger partial charge >= 0.3 is 0 Å². The Kier molecular flexibility index (Phi) is 5.49. The van der Waals surface area contributed by atoms with Crippen LogP contribution >= 0.6 is 11.6 Å². The maximum atomic E-state index is 13.3. The number of rotatable bonds is 6. The molecule has 0 bridgehead atoms. The van der Waals surface area contributed by atoms with Gasteiger partial charge in [0.05, 0.1) is 10.7 Å². The Labute approximate surface area is 98.6 Å². The van der Waals surface area contributed by atoms with Gasteiger partial charge in [-0.1, -0.05) is 11.6 Å². The SMILES string of the molecule is COCCCCNc1c(F)cc(F)cc1Cl. The van der Waals surface area contributed by atoms with Gasteiger partial charge in [-0.15, -0.1) is 0 Å². The predicted molar refractivity (Wildman–Crippen MR) is 61.0 cm³/mol. The van der Waals surface area contributed by atoms with E-state index in [-0.39, 0.29) is 10.7 Å². The second-order valence-electron chi connectivity index (χ2n) is 3.37. The quantitative estimate of drug-likeness (QED) is 0.780. The second kappa shape index (κ2) is 6.66. The molecule has 0 aromatic heterocycles. The molecule has 1 rings (SSSR count). The van der Waals surface area contributed by atoms with E-state index in [4.69, 9.17) is 16.3 Å². The summed E-state index contributed by atoms with van der Waals surface area (Å²) in [6.07, 6.45) is 1.71. The lowest BCUT2D eigenvalue weighted by atomic mass is 10.2. The summed E-state index contributed by atoms with van der Waals surface area (Å²) in [5, 5.41) is 2.90. The average molecular weight is 250 g/mol. The minimum atomic E-state index is -0.674. The normalized spacial score (nSPS) is 10.5. The maximum Gasteiger partial charge on any atom is 0.150 e. The van der Waals surface area contributed by atoms with Crippen LogP contribution in [0.25, 0.3) is 0 Å². The highest BCUT2D eigenvalue weighted by atomic mass is 35.5. The van der Waals surface area contributed by atoms with Crippen molar-refractivity contribution < 1.29 is 13.5 Å². The summed E-state index contributed by atoms with van der Waals surface area (Å²) in [4.78, 5) is 0. The van der Waals surface area contributed by atoms with Crippen LogP contribution in [0.5, 0.6) is 0 Å². The molecular weight excluding hydrogens is 236 g/mol. The lowest BCUT2D eigenvalue weighted by Gasteiger charge is -2.09. The monoisotopic (exact) mass is 249 g/mol. The van der Waals surface area contributed by atoms with Gasteiger partial charge in [0.15, 0.2) is 5.82 Å². The van der Waals surface area contributed by atoms with Crippen molar-refractivity contribution in [2.45, 2.75) is 12.8 Å². The molecule has 0 fully saturated rings. The van der Waals surface area contributed by atoms with Gasteiger partial charge in [0, 0.05) is 26.3 Å². The molecule has 1 aromatic rings. The van der Waals surface area contributed by atoms with Crippen molar-refractivity contribution in [2.24, 2.45) is 0 Å². The van der Waals surface area contributed by atoms with Gasteiger partial charge in [-0.2, -0.15) is 0 Å². The minimum Gasteiger partial charge on any atom is -0.385 e. The molecular formula is C11H14ClF2NO. The molecule has 0 aliphatic heterocycles. The van der Waals surface area contributed by atoms with Gasteiger partial charge < -0.3 is 10.1 Å². The zero-order chi connectivity index (χ0) is 12.0. The number of ether oxygens (including phenoxy) is 1. The van der Waals surface area contributed by atoms with Crippen molar-refractivity contribution in [2.75, 3.05) is 25.6 Å². The molecule has 0 amide bonds. The van der Waals surface area contributed by atoms with Crippen molar-refractivity contribution >= 4 is 17.3 Å². The highest BCUT2D eigenvalue weighted by Crippen LogP contribution is 2.26. The Morgan fingerprint density at radius 1 is 1.31 bits per heavy atom. The van der Waals surface area contributed by atoms with Crippen LogP contribution in [0.15, 0.2) is 12.1 Å². The summed E-state index contributed by atoms with van der Waals surface area (Å²) < 4.78 is 30.9. The molecule has 0 saturated carbocycles. The van der Waals surface area contributed by atoms with E-state index in [0.29, 0.717) is 13.2 Å². The summed E-state index contributed by atoms with van der Waals surface area (Å²) in [5.41, 5.74) is 0.153. The number of halogens is 3. The third kappa shape index (κ3) is 3.94. The second-order valence-corrected chi connectivity index (χ2v) is 3.78. The van der Waals surface area contributed by atoms with E-state index in [1.165, 1.54) is 0 Å². The molecule has 0 spiro atoms. The number of methoxy groups -OCH3 is 1. The Morgan fingerprint density at radius 3 is 2.69 bits per heavy atom. The first-order valence-electron chi connectivity index (χ1n) is 5.02. The highest BCUT2D eigenvalue weighted by molar-refractivity contribution is 6.33. The molecule has 2 nitrogen and oxygen atoms in total. The topological polar surface area (TPSA) is 21.3 Å². The lowest BCUT2D eigenvalue weighted by Crippen LogP contribution is -2.05. The van der Waals surface area contributed by atoms with Gasteiger partial charge in [-0.25, -0.2) is 8.78 Å². The van der Waals surface area contributed by atoms with Gasteiger partial charge in [-0.3, -0.25) is 0 Å². The third-order valence-corrected chi connectivity index (χ3v) is 2.38. The zero-order valence-electron chi connectivity index (χ0n) is 9.03. The van der Waals surface area contributed by atoms with Crippen LogP contribution in [0, 0.1) is 11.6 Å². The molecule has 0 saturated heterocycles. The van der Waals surface area contributed by atoms with Gasteiger partial charge in [0.2, 0.25) is 0 Å². The number of anilines is 1. The number of hydrogen-bond acceptors (Lipinski definition) is 2. The van der Waals surface area contributed by atoms with E-state index in [0.717, 1.165) is 25.0 Å². The summed E-state index contributed by atoms with van der Waals surface area (Å²) in [7, 11) is 1.63. The molecule has 0 heterocycles. The van der Waals surface area contributed by atoms with E-state index in [1.54, 1.807) is 7.11 Å². The lowest BCUT2D eigenvalue weighted by molar-refractivity contribution is 0.194. The molecule has 0 unspecified atom stereocenters. The summed E-state index contributed by atoms with van der Waals surface area (Å²) >= 11 is 5.71. The van der Waals surface area contributed by atoms with Crippen molar-refractivity contribution in [1.29, 1.82) is 0 Å². The van der Waals surface area contributed by atoms with Crippen molar-refractivity contribution in [1.82, 2.24) is 0 Å². The van der Waals surface area contributed by atoms with Crippen LogP contribution in [0.2, 0.25) is 5.02 Å². The maximum absolute atomic E-state index is 13.3. The van der Waals surface area contributed by atoms with Crippen molar-refractivity contribution in [3.8, 4) is 0 Å². The largest absolute Gasteiger partial charge is 0.385 e. The standard InChI is InChI=1S/C11H14ClF2NO/c1-16-5-3-2-4-15-11-9(12)6-8(13)7-10(11)14/h6-7,15H,2-5H2,1H3. The summed E-state index contributed by atoms with van der Waals surface area (Å²) in [6, 6.07) is 1.89. The van der Waals surface area contributed by atoms with Gasteiger partial charge in [0.25, 0.3) is 0 Å². The Balaban J connectivity index is 2.47. The predicted octanol–water partition coefficient (Wildman–Crippen LogP) is 3.46. The fraction of sp³-hybridized carbons (Fsp3) is 0.455. The van der Waals surface area contributed by atoms with Crippen molar-refractivity contribution in [3.63, 3.8) is 0 Å². The number of nitrogens with one attached hydrogen (secondary N) is 1. The van der Waals surface area contributed by atoms with Gasteiger partial charge in [-0.05, 0) is 18.9 Å². The molecule has 0 aliphatic carbocycles. The van der Waals surface area contributed by atoms with E-state index in [9.17, 15) is 8.78 Å². The molecule has 1 N–H and O–H groups in total. The van der Waals surface area contributed by atoms with Crippen molar-refractivity contribution in [3.05, 3.63) is 28.8 Å². The Bertz CT molecular complexity index is 324. The smallest absolute Gasteiger partial charge is 0.150 e. The number of unbranched alkanes of at least 4 members (excludes halogenated alkanes) is 1. The first kappa shape index (κ1) is 13.2. The first-order valence-corrected chi connectivity index (χ1v) is 5.40. The molecule has 90 valence electrons. The fourth-order valence-corrected chi connectivity index (χ4v) is 1.56. The minimum absolute atomic E-state index is 0.0595. The van der Waals surface area contributed by atoms with E-state index in [2.05, 4.69) is 5.32 Å². The molecule has 0 radical (unpaired) electrons. The number of benzene rings is 1. The van der Waals surface area contributed by atoms with Crippen LogP contribution in [0.1, 0.15) is 12.8 Å². The van der Waals surface area contributed by atoms with Crippen LogP contribution in [0.3, 0.4) is 0 Å². The Morgan fingerprint density at radius 2 is 2.06 bits per heavy atom. The van der Waals surface area contributed by atoms with Crippen LogP contribution < -0.4 is 5.32 Å². The van der Waals surface area contributed by atoms with E-state index in [1.807, 2.05) is 0 Å². The molecule has 5 heteroatoms.